The van der Waals surface area contributed by atoms with Gasteiger partial charge in [0.25, 0.3) is 0 Å². The van der Waals surface area contributed by atoms with Crippen molar-refractivity contribution in [1.29, 1.82) is 5.26 Å². The number of carbonyl (C=O) groups is 1. The Morgan fingerprint density at radius 2 is 2.00 bits per heavy atom. The molecule has 2 N–H and O–H groups in total. The first-order valence-corrected chi connectivity index (χ1v) is 9.72. The van der Waals surface area contributed by atoms with Crippen LogP contribution >= 0.6 is 23.4 Å². The normalized spacial score (nSPS) is 10.1. The highest BCUT2D eigenvalue weighted by molar-refractivity contribution is 7.99. The number of halogens is 1. The van der Waals surface area contributed by atoms with Crippen LogP contribution in [-0.2, 0) is 11.3 Å². The number of rotatable bonds is 7. The van der Waals surface area contributed by atoms with E-state index in [1.54, 1.807) is 30.3 Å². The van der Waals surface area contributed by atoms with Crippen LogP contribution in [0.2, 0.25) is 5.02 Å². The van der Waals surface area contributed by atoms with E-state index in [-0.39, 0.29) is 11.7 Å². The first-order chi connectivity index (χ1) is 13.6. The zero-order chi connectivity index (χ0) is 19.8. The van der Waals surface area contributed by atoms with Crippen LogP contribution in [-0.4, -0.2) is 21.6 Å². The molecule has 0 aliphatic carbocycles. The fourth-order valence-corrected chi connectivity index (χ4v) is 3.22. The fourth-order valence-electron chi connectivity index (χ4n) is 2.35. The molecule has 1 amide bonds. The van der Waals surface area contributed by atoms with E-state index in [1.807, 2.05) is 30.3 Å². The Labute approximate surface area is 172 Å². The standard InChI is InChI=1S/C20H16ClN5OS/c21-17-7-2-1-5-15(17)11-23-18-9-20(25-13-24-18)28-12-19(27)26-16-6-3-4-14(8-16)10-22/h1-9,13H,11-12H2,(H,26,27)(H,23,24,25). The van der Waals surface area contributed by atoms with E-state index in [0.29, 0.717) is 33.7 Å². The van der Waals surface area contributed by atoms with Crippen LogP contribution in [0.3, 0.4) is 0 Å². The van der Waals surface area contributed by atoms with Crippen LogP contribution in [0.5, 0.6) is 0 Å². The molecule has 0 aliphatic rings. The minimum absolute atomic E-state index is 0.177. The lowest BCUT2D eigenvalue weighted by Gasteiger charge is -2.08. The number of hydrogen-bond donors (Lipinski definition) is 2. The van der Waals surface area contributed by atoms with Crippen molar-refractivity contribution >= 4 is 40.8 Å². The van der Waals surface area contributed by atoms with Gasteiger partial charge in [0.1, 0.15) is 17.2 Å². The van der Waals surface area contributed by atoms with Gasteiger partial charge in [0.2, 0.25) is 5.91 Å². The number of hydrogen-bond acceptors (Lipinski definition) is 6. The molecular formula is C20H16ClN5OS. The van der Waals surface area contributed by atoms with Crippen molar-refractivity contribution in [2.24, 2.45) is 0 Å². The van der Waals surface area contributed by atoms with Crippen molar-refractivity contribution in [3.8, 4) is 6.07 Å². The number of thioether (sulfide) groups is 1. The summed E-state index contributed by atoms with van der Waals surface area (Å²) in [6, 6.07) is 18.2. The molecule has 3 aromatic rings. The molecule has 0 aliphatic heterocycles. The number of nitrogens with zero attached hydrogens (tertiary/aromatic N) is 3. The molecule has 2 aromatic carbocycles. The summed E-state index contributed by atoms with van der Waals surface area (Å²) in [5, 5.41) is 16.3. The molecule has 8 heteroatoms. The van der Waals surface area contributed by atoms with Gasteiger partial charge in [0, 0.05) is 23.3 Å². The number of amides is 1. The minimum atomic E-state index is -0.177. The number of nitrogens with one attached hydrogen (secondary N) is 2. The minimum Gasteiger partial charge on any atom is -0.366 e. The van der Waals surface area contributed by atoms with Crippen molar-refractivity contribution in [3.05, 3.63) is 77.1 Å². The lowest BCUT2D eigenvalue weighted by Crippen LogP contribution is -2.14. The molecule has 0 spiro atoms. The predicted molar refractivity (Wildman–Crippen MR) is 111 cm³/mol. The fraction of sp³-hybridized carbons (Fsp3) is 0.100. The van der Waals surface area contributed by atoms with Gasteiger partial charge >= 0.3 is 0 Å². The summed E-state index contributed by atoms with van der Waals surface area (Å²) in [5.74, 6) is 0.668. The predicted octanol–water partition coefficient (Wildman–Crippen LogP) is 4.34. The van der Waals surface area contributed by atoms with E-state index in [1.165, 1.54) is 18.1 Å². The van der Waals surface area contributed by atoms with E-state index in [0.717, 1.165) is 5.56 Å². The van der Waals surface area contributed by atoms with Crippen molar-refractivity contribution in [2.45, 2.75) is 11.6 Å². The number of aromatic nitrogens is 2. The van der Waals surface area contributed by atoms with Crippen molar-refractivity contribution in [1.82, 2.24) is 9.97 Å². The Morgan fingerprint density at radius 3 is 2.82 bits per heavy atom. The maximum Gasteiger partial charge on any atom is 0.234 e. The molecule has 1 heterocycles. The second kappa shape index (κ2) is 9.74. The summed E-state index contributed by atoms with van der Waals surface area (Å²) in [6.45, 7) is 0.538. The molecule has 0 saturated carbocycles. The van der Waals surface area contributed by atoms with Gasteiger partial charge in [-0.2, -0.15) is 5.26 Å². The van der Waals surface area contributed by atoms with Crippen LogP contribution in [0.4, 0.5) is 11.5 Å². The SMILES string of the molecule is N#Cc1cccc(NC(=O)CSc2cc(NCc3ccccc3Cl)ncn2)c1. The molecule has 6 nitrogen and oxygen atoms in total. The lowest BCUT2D eigenvalue weighted by atomic mass is 10.2. The number of anilines is 2. The highest BCUT2D eigenvalue weighted by Crippen LogP contribution is 2.20. The molecular weight excluding hydrogens is 394 g/mol. The molecule has 28 heavy (non-hydrogen) atoms. The third kappa shape index (κ3) is 5.71. The van der Waals surface area contributed by atoms with Gasteiger partial charge in [-0.25, -0.2) is 9.97 Å². The van der Waals surface area contributed by atoms with E-state index in [2.05, 4.69) is 20.6 Å². The average molecular weight is 410 g/mol. The first-order valence-electron chi connectivity index (χ1n) is 8.36. The smallest absolute Gasteiger partial charge is 0.234 e. The summed E-state index contributed by atoms with van der Waals surface area (Å²) in [7, 11) is 0. The number of benzene rings is 2. The van der Waals surface area contributed by atoms with Crippen LogP contribution in [0, 0.1) is 11.3 Å². The monoisotopic (exact) mass is 409 g/mol. The molecule has 0 fully saturated rings. The summed E-state index contributed by atoms with van der Waals surface area (Å²) >= 11 is 7.46. The van der Waals surface area contributed by atoms with Crippen LogP contribution in [0.15, 0.2) is 66.0 Å². The van der Waals surface area contributed by atoms with Crippen LogP contribution < -0.4 is 10.6 Å². The molecule has 140 valence electrons. The molecule has 0 unspecified atom stereocenters. The highest BCUT2D eigenvalue weighted by atomic mass is 35.5. The van der Waals surface area contributed by atoms with Crippen LogP contribution in [0.1, 0.15) is 11.1 Å². The van der Waals surface area contributed by atoms with Gasteiger partial charge < -0.3 is 10.6 Å². The Kier molecular flexibility index (Phi) is 6.84. The van der Waals surface area contributed by atoms with Gasteiger partial charge in [0.05, 0.1) is 17.4 Å². The van der Waals surface area contributed by atoms with Crippen molar-refractivity contribution < 1.29 is 4.79 Å². The second-order valence-corrected chi connectivity index (χ2v) is 7.12. The third-order valence-electron chi connectivity index (χ3n) is 3.69. The summed E-state index contributed by atoms with van der Waals surface area (Å²) in [6.07, 6.45) is 1.45. The van der Waals surface area contributed by atoms with Gasteiger partial charge in [-0.3, -0.25) is 4.79 Å². The van der Waals surface area contributed by atoms with Crippen molar-refractivity contribution in [2.75, 3.05) is 16.4 Å². The maximum absolute atomic E-state index is 12.1. The topological polar surface area (TPSA) is 90.7 Å². The van der Waals surface area contributed by atoms with Gasteiger partial charge in [-0.15, -0.1) is 0 Å². The summed E-state index contributed by atoms with van der Waals surface area (Å²) < 4.78 is 0. The van der Waals surface area contributed by atoms with Crippen LogP contribution in [0.25, 0.3) is 0 Å². The Hall–Kier alpha value is -3.08. The zero-order valence-corrected chi connectivity index (χ0v) is 16.3. The number of nitriles is 1. The lowest BCUT2D eigenvalue weighted by molar-refractivity contribution is -0.113. The summed E-state index contributed by atoms with van der Waals surface area (Å²) in [4.78, 5) is 20.5. The highest BCUT2D eigenvalue weighted by Gasteiger charge is 2.07. The molecule has 0 atom stereocenters. The molecule has 0 bridgehead atoms. The molecule has 0 saturated heterocycles. The average Bonchev–Trinajstić information content (AvgIpc) is 2.72. The van der Waals surface area contributed by atoms with Gasteiger partial charge in [-0.1, -0.05) is 47.6 Å². The third-order valence-corrected chi connectivity index (χ3v) is 4.98. The Morgan fingerprint density at radius 1 is 1.14 bits per heavy atom. The zero-order valence-electron chi connectivity index (χ0n) is 14.7. The van der Waals surface area contributed by atoms with E-state index in [4.69, 9.17) is 16.9 Å². The second-order valence-electron chi connectivity index (χ2n) is 5.72. The van der Waals surface area contributed by atoms with E-state index >= 15 is 0 Å². The quantitative estimate of drug-likeness (QED) is 0.445. The van der Waals surface area contributed by atoms with Gasteiger partial charge in [0.15, 0.2) is 0 Å². The first kappa shape index (κ1) is 19.7. The molecule has 0 radical (unpaired) electrons. The Bertz CT molecular complexity index is 1020. The van der Waals surface area contributed by atoms with Gasteiger partial charge in [-0.05, 0) is 29.8 Å². The summed E-state index contributed by atoms with van der Waals surface area (Å²) in [5.41, 5.74) is 2.06. The largest absolute Gasteiger partial charge is 0.366 e. The molecule has 1 aromatic heterocycles. The maximum atomic E-state index is 12.1. The number of carbonyl (C=O) groups excluding carboxylic acids is 1. The Balaban J connectivity index is 1.53. The van der Waals surface area contributed by atoms with Crippen molar-refractivity contribution in [3.63, 3.8) is 0 Å². The van der Waals surface area contributed by atoms with E-state index in [9.17, 15) is 4.79 Å². The molecule has 3 rings (SSSR count). The van der Waals surface area contributed by atoms with E-state index < -0.39 is 0 Å².